The fourth-order valence-electron chi connectivity index (χ4n) is 3.97. The molecule has 0 bridgehead atoms. The fraction of sp³-hybridized carbons (Fsp3) is 1.00. The number of hydrogen-bond acceptors (Lipinski definition) is 2. The molecule has 0 heterocycles. The van der Waals surface area contributed by atoms with Crippen LogP contribution in [0.1, 0.15) is 65.2 Å². The topological polar surface area (TPSA) is 32.3 Å². The highest BCUT2D eigenvalue weighted by Crippen LogP contribution is 2.30. The lowest BCUT2D eigenvalue weighted by molar-refractivity contribution is 0.125. The van der Waals surface area contributed by atoms with Crippen molar-refractivity contribution in [2.24, 2.45) is 17.8 Å². The van der Waals surface area contributed by atoms with Gasteiger partial charge in [0.2, 0.25) is 0 Å². The van der Waals surface area contributed by atoms with Crippen molar-refractivity contribution in [2.75, 3.05) is 6.54 Å². The minimum Gasteiger partial charge on any atom is -0.392 e. The van der Waals surface area contributed by atoms with Gasteiger partial charge in [0.25, 0.3) is 0 Å². The van der Waals surface area contributed by atoms with Crippen LogP contribution in [0.25, 0.3) is 0 Å². The van der Waals surface area contributed by atoms with Crippen molar-refractivity contribution in [1.82, 2.24) is 5.32 Å². The van der Waals surface area contributed by atoms with Gasteiger partial charge >= 0.3 is 0 Å². The van der Waals surface area contributed by atoms with E-state index < -0.39 is 0 Å². The Labute approximate surface area is 113 Å². The molecule has 0 aromatic carbocycles. The molecule has 18 heavy (non-hydrogen) atoms. The molecule has 0 aliphatic heterocycles. The zero-order valence-electron chi connectivity index (χ0n) is 12.2. The second-order valence-corrected chi connectivity index (χ2v) is 6.95. The lowest BCUT2D eigenvalue weighted by Gasteiger charge is -2.34. The summed E-state index contributed by atoms with van der Waals surface area (Å²) in [5.74, 6) is 2.46. The first-order chi connectivity index (χ1) is 8.65. The van der Waals surface area contributed by atoms with E-state index in [4.69, 9.17) is 0 Å². The smallest absolute Gasteiger partial charge is 0.0667 e. The number of aliphatic hydroxyl groups is 1. The number of rotatable bonds is 5. The molecule has 106 valence electrons. The van der Waals surface area contributed by atoms with Gasteiger partial charge in [-0.25, -0.2) is 0 Å². The molecule has 0 radical (unpaired) electrons. The highest BCUT2D eigenvalue weighted by Gasteiger charge is 2.26. The van der Waals surface area contributed by atoms with Crippen molar-refractivity contribution in [3.05, 3.63) is 0 Å². The summed E-state index contributed by atoms with van der Waals surface area (Å²) in [6, 6.07) is 0.638. The van der Waals surface area contributed by atoms with Crippen LogP contribution >= 0.6 is 0 Å². The second-order valence-electron chi connectivity index (χ2n) is 6.95. The summed E-state index contributed by atoms with van der Waals surface area (Å²) in [4.78, 5) is 0. The Morgan fingerprint density at radius 2 is 1.83 bits per heavy atom. The Hall–Kier alpha value is -0.0800. The Bertz CT molecular complexity index is 237. The largest absolute Gasteiger partial charge is 0.392 e. The van der Waals surface area contributed by atoms with Gasteiger partial charge in [-0.1, -0.05) is 39.5 Å². The van der Waals surface area contributed by atoms with Gasteiger partial charge in [0.15, 0.2) is 0 Å². The maximum atomic E-state index is 10.1. The Morgan fingerprint density at radius 3 is 2.50 bits per heavy atom. The monoisotopic (exact) mass is 253 g/mol. The molecule has 2 saturated carbocycles. The minimum absolute atomic E-state index is 0.125. The van der Waals surface area contributed by atoms with E-state index in [2.05, 4.69) is 19.2 Å². The molecule has 2 aliphatic rings. The van der Waals surface area contributed by atoms with E-state index in [-0.39, 0.29) is 6.10 Å². The first-order valence-electron chi connectivity index (χ1n) is 8.06. The SMILES string of the molecule is CC1CCC(NCC(O)CC2CCCC2)C(C)C1. The standard InChI is InChI=1S/C16H31NO/c1-12-7-8-16(13(2)9-12)17-11-15(18)10-14-5-3-4-6-14/h12-18H,3-11H2,1-2H3. The summed E-state index contributed by atoms with van der Waals surface area (Å²) in [5.41, 5.74) is 0. The van der Waals surface area contributed by atoms with Crippen LogP contribution in [0.15, 0.2) is 0 Å². The molecule has 0 aromatic heterocycles. The summed E-state index contributed by atoms with van der Waals surface area (Å²) in [5, 5.41) is 13.7. The predicted molar refractivity (Wildman–Crippen MR) is 76.6 cm³/mol. The van der Waals surface area contributed by atoms with Crippen LogP contribution in [-0.2, 0) is 0 Å². The van der Waals surface area contributed by atoms with Crippen LogP contribution in [0.4, 0.5) is 0 Å². The van der Waals surface area contributed by atoms with Crippen molar-refractivity contribution in [1.29, 1.82) is 0 Å². The molecule has 0 saturated heterocycles. The lowest BCUT2D eigenvalue weighted by Crippen LogP contribution is -2.42. The van der Waals surface area contributed by atoms with Gasteiger partial charge in [0.1, 0.15) is 0 Å². The molecule has 2 N–H and O–H groups in total. The average Bonchev–Trinajstić information content (AvgIpc) is 2.80. The van der Waals surface area contributed by atoms with Crippen molar-refractivity contribution in [3.63, 3.8) is 0 Å². The quantitative estimate of drug-likeness (QED) is 0.787. The molecule has 2 heteroatoms. The Kier molecular flexibility index (Phi) is 5.50. The van der Waals surface area contributed by atoms with Gasteiger partial charge in [-0.15, -0.1) is 0 Å². The maximum absolute atomic E-state index is 10.1. The molecule has 0 amide bonds. The molecular formula is C16H31NO. The van der Waals surface area contributed by atoms with E-state index in [0.717, 1.165) is 30.7 Å². The summed E-state index contributed by atoms with van der Waals surface area (Å²) < 4.78 is 0. The van der Waals surface area contributed by atoms with Crippen molar-refractivity contribution < 1.29 is 5.11 Å². The molecule has 4 unspecified atom stereocenters. The van der Waals surface area contributed by atoms with Crippen LogP contribution in [0.3, 0.4) is 0 Å². The van der Waals surface area contributed by atoms with Gasteiger partial charge in [-0.05, 0) is 43.4 Å². The molecule has 2 nitrogen and oxygen atoms in total. The zero-order chi connectivity index (χ0) is 13.0. The van der Waals surface area contributed by atoms with Gasteiger partial charge < -0.3 is 10.4 Å². The highest BCUT2D eigenvalue weighted by molar-refractivity contribution is 4.82. The van der Waals surface area contributed by atoms with E-state index in [1.807, 2.05) is 0 Å². The van der Waals surface area contributed by atoms with Crippen molar-refractivity contribution >= 4 is 0 Å². The van der Waals surface area contributed by atoms with Gasteiger partial charge in [-0.2, -0.15) is 0 Å². The van der Waals surface area contributed by atoms with Crippen LogP contribution in [-0.4, -0.2) is 23.8 Å². The Balaban J connectivity index is 1.64. The first-order valence-corrected chi connectivity index (χ1v) is 8.06. The summed E-state index contributed by atoms with van der Waals surface area (Å²) in [6.07, 6.45) is 10.3. The molecule has 2 fully saturated rings. The van der Waals surface area contributed by atoms with Crippen LogP contribution in [0.5, 0.6) is 0 Å². The zero-order valence-corrected chi connectivity index (χ0v) is 12.2. The third-order valence-corrected chi connectivity index (χ3v) is 5.13. The van der Waals surface area contributed by atoms with Gasteiger partial charge in [0, 0.05) is 12.6 Å². The number of aliphatic hydroxyl groups excluding tert-OH is 1. The van der Waals surface area contributed by atoms with Crippen LogP contribution < -0.4 is 5.32 Å². The fourth-order valence-corrected chi connectivity index (χ4v) is 3.97. The number of hydrogen-bond donors (Lipinski definition) is 2. The summed E-state index contributed by atoms with van der Waals surface area (Å²) in [6.45, 7) is 5.53. The van der Waals surface area contributed by atoms with E-state index >= 15 is 0 Å². The lowest BCUT2D eigenvalue weighted by atomic mass is 9.80. The van der Waals surface area contributed by atoms with Crippen LogP contribution in [0.2, 0.25) is 0 Å². The Morgan fingerprint density at radius 1 is 1.11 bits per heavy atom. The van der Waals surface area contributed by atoms with E-state index in [1.165, 1.54) is 44.9 Å². The minimum atomic E-state index is -0.125. The van der Waals surface area contributed by atoms with Crippen LogP contribution in [0, 0.1) is 17.8 Å². The molecule has 0 spiro atoms. The third kappa shape index (κ3) is 4.24. The van der Waals surface area contributed by atoms with E-state index in [1.54, 1.807) is 0 Å². The van der Waals surface area contributed by atoms with Gasteiger partial charge in [-0.3, -0.25) is 0 Å². The molecule has 0 aromatic rings. The van der Waals surface area contributed by atoms with Crippen molar-refractivity contribution in [3.8, 4) is 0 Å². The first kappa shape index (κ1) is 14.3. The molecular weight excluding hydrogens is 222 g/mol. The molecule has 4 atom stereocenters. The summed E-state index contributed by atoms with van der Waals surface area (Å²) >= 11 is 0. The molecule has 2 rings (SSSR count). The maximum Gasteiger partial charge on any atom is 0.0667 e. The average molecular weight is 253 g/mol. The van der Waals surface area contributed by atoms with E-state index in [9.17, 15) is 5.11 Å². The molecule has 2 aliphatic carbocycles. The highest BCUT2D eigenvalue weighted by atomic mass is 16.3. The second kappa shape index (κ2) is 6.91. The van der Waals surface area contributed by atoms with E-state index in [0.29, 0.717) is 6.04 Å². The predicted octanol–water partition coefficient (Wildman–Crippen LogP) is 3.34. The summed E-state index contributed by atoms with van der Waals surface area (Å²) in [7, 11) is 0. The number of nitrogens with one attached hydrogen (secondary N) is 1. The normalized spacial score (nSPS) is 35.8. The van der Waals surface area contributed by atoms with Gasteiger partial charge in [0.05, 0.1) is 6.10 Å². The third-order valence-electron chi connectivity index (χ3n) is 5.13. The van der Waals surface area contributed by atoms with Crippen molar-refractivity contribution in [2.45, 2.75) is 77.4 Å².